The van der Waals surface area contributed by atoms with E-state index in [1.807, 2.05) is 0 Å². The summed E-state index contributed by atoms with van der Waals surface area (Å²) in [5.41, 5.74) is 1.09. The molecule has 0 amide bonds. The first-order valence-electron chi connectivity index (χ1n) is 4.11. The molecule has 2 heteroatoms. The summed E-state index contributed by atoms with van der Waals surface area (Å²) in [6.45, 7) is 7.39. The van der Waals surface area contributed by atoms with Gasteiger partial charge in [-0.25, -0.2) is 0 Å². The van der Waals surface area contributed by atoms with Gasteiger partial charge in [-0.1, -0.05) is 19.6 Å². The number of alkyl halides is 1. The monoisotopic (exact) mass is 176 g/mol. The Hall–Kier alpha value is 0.507. The Morgan fingerprint density at radius 1 is 1.40 bits per heavy atom. The molecule has 0 bridgehead atoms. The fourth-order valence-electron chi connectivity index (χ4n) is 1.77. The van der Waals surface area contributed by atoms with Gasteiger partial charge in [0.2, 0.25) is 0 Å². The average Bonchev–Trinajstić information content (AvgIpc) is 2.44. The van der Waals surface area contributed by atoms with Gasteiger partial charge < -0.3 is 0 Å². The molecular weight excluding hydrogens is 160 g/mol. The molecule has 0 heterocycles. The van der Waals surface area contributed by atoms with Gasteiger partial charge in [0.25, 0.3) is 0 Å². The topological polar surface area (TPSA) is 0 Å². The van der Waals surface area contributed by atoms with Crippen LogP contribution < -0.4 is 0 Å². The van der Waals surface area contributed by atoms with Crippen molar-refractivity contribution in [2.24, 2.45) is 5.92 Å². The predicted octanol–water partition coefficient (Wildman–Crippen LogP) is 3.34. The zero-order chi connectivity index (χ0) is 7.78. The van der Waals surface area contributed by atoms with E-state index < -0.39 is 8.07 Å². The summed E-state index contributed by atoms with van der Waals surface area (Å²) < 4.78 is 0. The van der Waals surface area contributed by atoms with Crippen molar-refractivity contribution >= 4 is 19.7 Å². The smallest absolute Gasteiger partial charge is 0.0476 e. The Bertz CT molecular complexity index is 117. The highest BCUT2D eigenvalue weighted by atomic mass is 35.5. The van der Waals surface area contributed by atoms with Crippen LogP contribution in [0.5, 0.6) is 0 Å². The molecule has 0 aromatic rings. The molecule has 0 unspecified atom stereocenters. The highest BCUT2D eigenvalue weighted by molar-refractivity contribution is 6.78. The molecule has 10 heavy (non-hydrogen) atoms. The first-order valence-corrected chi connectivity index (χ1v) is 8.23. The second kappa shape index (κ2) is 2.86. The zero-order valence-electron chi connectivity index (χ0n) is 7.15. The molecular formula is C8H17ClSi. The van der Waals surface area contributed by atoms with E-state index in [1.165, 1.54) is 12.8 Å². The second-order valence-corrected chi connectivity index (χ2v) is 10.3. The lowest BCUT2D eigenvalue weighted by molar-refractivity contribution is 0.798. The van der Waals surface area contributed by atoms with Crippen molar-refractivity contribution in [3.05, 3.63) is 0 Å². The van der Waals surface area contributed by atoms with Crippen LogP contribution in [-0.2, 0) is 0 Å². The largest absolute Gasteiger partial charge is 0.127 e. The van der Waals surface area contributed by atoms with E-state index in [-0.39, 0.29) is 0 Å². The Morgan fingerprint density at radius 3 is 2.30 bits per heavy atom. The van der Waals surface area contributed by atoms with Crippen LogP contribution >= 0.6 is 11.6 Å². The van der Waals surface area contributed by atoms with E-state index in [0.717, 1.165) is 17.3 Å². The number of hydrogen-bond acceptors (Lipinski definition) is 0. The third-order valence-electron chi connectivity index (χ3n) is 2.51. The summed E-state index contributed by atoms with van der Waals surface area (Å²) in [7, 11) is -0.782. The van der Waals surface area contributed by atoms with Gasteiger partial charge in [-0.15, -0.1) is 11.6 Å². The molecule has 0 aliphatic heterocycles. The van der Waals surface area contributed by atoms with Gasteiger partial charge >= 0.3 is 0 Å². The normalized spacial score (nSPS) is 32.4. The lowest BCUT2D eigenvalue weighted by atomic mass is 10.3. The van der Waals surface area contributed by atoms with Crippen LogP contribution in [0.2, 0.25) is 25.2 Å². The maximum Gasteiger partial charge on any atom is 0.0476 e. The van der Waals surface area contributed by atoms with Crippen molar-refractivity contribution in [3.8, 4) is 0 Å². The van der Waals surface area contributed by atoms with E-state index in [0.29, 0.717) is 0 Å². The van der Waals surface area contributed by atoms with Crippen LogP contribution in [-0.4, -0.2) is 14.0 Å². The van der Waals surface area contributed by atoms with Crippen LogP contribution in [0.1, 0.15) is 12.8 Å². The molecule has 1 rings (SSSR count). The Kier molecular flexibility index (Phi) is 2.46. The van der Waals surface area contributed by atoms with Gasteiger partial charge in [0.15, 0.2) is 0 Å². The quantitative estimate of drug-likeness (QED) is 0.457. The molecule has 0 aromatic carbocycles. The summed E-state index contributed by atoms with van der Waals surface area (Å²) in [4.78, 5) is 0. The Balaban J connectivity index is 2.25. The van der Waals surface area contributed by atoms with E-state index >= 15 is 0 Å². The molecule has 1 aliphatic rings. The van der Waals surface area contributed by atoms with Gasteiger partial charge in [-0.2, -0.15) is 0 Å². The summed E-state index contributed by atoms with van der Waals surface area (Å²) in [5.74, 6) is 1.87. The maximum absolute atomic E-state index is 5.67. The van der Waals surface area contributed by atoms with Crippen LogP contribution in [0.3, 0.4) is 0 Å². The minimum absolute atomic E-state index is 0.782. The standard InChI is InChI=1S/C8H17ClSi/c1-10(2,3)8-6-7(8)4-5-9/h7-8H,4-6H2,1-3H3/t7-,8-/m1/s1. The van der Waals surface area contributed by atoms with Crippen molar-refractivity contribution in [2.75, 3.05) is 5.88 Å². The van der Waals surface area contributed by atoms with Crippen molar-refractivity contribution in [2.45, 2.75) is 38.0 Å². The van der Waals surface area contributed by atoms with E-state index in [9.17, 15) is 0 Å². The van der Waals surface area contributed by atoms with Crippen LogP contribution in [0, 0.1) is 5.92 Å². The summed E-state index contributed by atoms with van der Waals surface area (Å²) in [6, 6.07) is 0. The van der Waals surface area contributed by atoms with E-state index in [2.05, 4.69) is 19.6 Å². The average molecular weight is 177 g/mol. The molecule has 0 radical (unpaired) electrons. The molecule has 0 spiro atoms. The van der Waals surface area contributed by atoms with Gasteiger partial charge in [0.05, 0.1) is 0 Å². The fourth-order valence-corrected chi connectivity index (χ4v) is 4.64. The molecule has 1 fully saturated rings. The highest BCUT2D eigenvalue weighted by Crippen LogP contribution is 2.53. The SMILES string of the molecule is C[Si](C)(C)[C@@H]1C[C@H]1CCCl. The van der Waals surface area contributed by atoms with Gasteiger partial charge in [-0.3, -0.25) is 0 Å². The molecule has 0 nitrogen and oxygen atoms in total. The van der Waals surface area contributed by atoms with Crippen LogP contribution in [0.25, 0.3) is 0 Å². The third kappa shape index (κ3) is 1.99. The van der Waals surface area contributed by atoms with Gasteiger partial charge in [-0.05, 0) is 24.3 Å². The number of hydrogen-bond donors (Lipinski definition) is 0. The highest BCUT2D eigenvalue weighted by Gasteiger charge is 2.44. The molecule has 1 aliphatic carbocycles. The summed E-state index contributed by atoms with van der Waals surface area (Å²) >= 11 is 5.67. The summed E-state index contributed by atoms with van der Waals surface area (Å²) in [5, 5.41) is 0. The van der Waals surface area contributed by atoms with Gasteiger partial charge in [0, 0.05) is 14.0 Å². The predicted molar refractivity (Wildman–Crippen MR) is 50.5 cm³/mol. The lowest BCUT2D eigenvalue weighted by Gasteiger charge is -2.14. The van der Waals surface area contributed by atoms with Crippen molar-refractivity contribution in [1.82, 2.24) is 0 Å². The molecule has 2 atom stereocenters. The molecule has 1 saturated carbocycles. The number of halogens is 1. The second-order valence-electron chi connectivity index (χ2n) is 4.45. The Morgan fingerprint density at radius 2 is 2.00 bits per heavy atom. The first kappa shape index (κ1) is 8.60. The molecule has 60 valence electrons. The van der Waals surface area contributed by atoms with Crippen LogP contribution in [0.4, 0.5) is 0 Å². The van der Waals surface area contributed by atoms with E-state index in [1.54, 1.807) is 0 Å². The van der Waals surface area contributed by atoms with E-state index in [4.69, 9.17) is 11.6 Å². The van der Waals surface area contributed by atoms with Crippen molar-refractivity contribution in [1.29, 1.82) is 0 Å². The van der Waals surface area contributed by atoms with Crippen molar-refractivity contribution < 1.29 is 0 Å². The first-order chi connectivity index (χ1) is 4.55. The third-order valence-corrected chi connectivity index (χ3v) is 5.66. The minimum atomic E-state index is -0.782. The minimum Gasteiger partial charge on any atom is -0.127 e. The number of rotatable bonds is 3. The van der Waals surface area contributed by atoms with Crippen molar-refractivity contribution in [3.63, 3.8) is 0 Å². The maximum atomic E-state index is 5.67. The molecule has 0 aromatic heterocycles. The zero-order valence-corrected chi connectivity index (χ0v) is 8.91. The molecule has 0 saturated heterocycles. The fraction of sp³-hybridized carbons (Fsp3) is 1.00. The van der Waals surface area contributed by atoms with Crippen LogP contribution in [0.15, 0.2) is 0 Å². The summed E-state index contributed by atoms with van der Waals surface area (Å²) in [6.07, 6.45) is 2.74. The Labute approximate surface area is 70.0 Å². The molecule has 0 N–H and O–H groups in total. The van der Waals surface area contributed by atoms with Gasteiger partial charge in [0.1, 0.15) is 0 Å². The lowest BCUT2D eigenvalue weighted by Crippen LogP contribution is -2.20.